The average Bonchev–Trinajstić information content (AvgIpc) is 2.89. The maximum atomic E-state index is 13.8. The Morgan fingerprint density at radius 1 is 1.11 bits per heavy atom. The third-order valence-electron chi connectivity index (χ3n) is 6.16. The Morgan fingerprint density at radius 3 is 2.55 bits per heavy atom. The van der Waals surface area contributed by atoms with Gasteiger partial charge >= 0.3 is 0 Å². The average molecular weight is 530 g/mol. The first-order valence-electron chi connectivity index (χ1n) is 12.1. The smallest absolute Gasteiger partial charge is 0.274 e. The fourth-order valence-electron chi connectivity index (χ4n) is 4.34. The van der Waals surface area contributed by atoms with Gasteiger partial charge in [0.15, 0.2) is 18.2 Å². The summed E-state index contributed by atoms with van der Waals surface area (Å²) in [5.41, 5.74) is 3.16. The first kappa shape index (κ1) is 27.2. The number of hydrogen-bond acceptors (Lipinski definition) is 6. The predicted octanol–water partition coefficient (Wildman–Crippen LogP) is 5.13. The van der Waals surface area contributed by atoms with Crippen molar-refractivity contribution in [3.8, 4) is 0 Å². The molecule has 1 aliphatic rings. The van der Waals surface area contributed by atoms with E-state index in [1.54, 1.807) is 18.5 Å². The summed E-state index contributed by atoms with van der Waals surface area (Å²) in [4.78, 5) is 27.0. The molecular weight excluding hydrogens is 502 g/mol. The zero-order chi connectivity index (χ0) is 27.1. The second-order valence-electron chi connectivity index (χ2n) is 9.05. The molecule has 1 aromatic carbocycles. The van der Waals surface area contributed by atoms with E-state index in [0.29, 0.717) is 18.2 Å². The fraction of sp³-hybridized carbons (Fsp3) is 0.333. The van der Waals surface area contributed by atoms with Crippen LogP contribution in [0.5, 0.6) is 0 Å². The highest BCUT2D eigenvalue weighted by molar-refractivity contribution is 6.11. The van der Waals surface area contributed by atoms with Crippen molar-refractivity contribution in [2.75, 3.05) is 25.0 Å². The van der Waals surface area contributed by atoms with Gasteiger partial charge in [-0.15, -0.1) is 0 Å². The number of anilines is 1. The number of piperidine rings is 1. The number of pyridine rings is 2. The molecule has 4 rings (SSSR count). The quantitative estimate of drug-likeness (QED) is 0.236. The first-order chi connectivity index (χ1) is 18.3. The minimum Gasteiger partial charge on any atom is -0.389 e. The number of alkyl halides is 2. The van der Waals surface area contributed by atoms with Gasteiger partial charge in [-0.05, 0) is 73.3 Å². The predicted molar refractivity (Wildman–Crippen MR) is 134 cm³/mol. The van der Waals surface area contributed by atoms with E-state index in [1.165, 1.54) is 13.0 Å². The van der Waals surface area contributed by atoms with E-state index in [-0.39, 0.29) is 22.9 Å². The lowest BCUT2D eigenvalue weighted by molar-refractivity contribution is -0.114. The van der Waals surface area contributed by atoms with Crippen molar-refractivity contribution in [3.63, 3.8) is 0 Å². The second-order valence-corrected chi connectivity index (χ2v) is 9.05. The highest BCUT2D eigenvalue weighted by Gasteiger charge is 2.22. The Bertz CT molecular complexity index is 1280. The van der Waals surface area contributed by atoms with Gasteiger partial charge in [0.05, 0.1) is 17.6 Å². The van der Waals surface area contributed by atoms with Crippen LogP contribution >= 0.6 is 0 Å². The lowest BCUT2D eigenvalue weighted by Gasteiger charge is -2.32. The van der Waals surface area contributed by atoms with Gasteiger partial charge in [0.1, 0.15) is 5.71 Å². The number of hydrogen-bond donors (Lipinski definition) is 1. The summed E-state index contributed by atoms with van der Waals surface area (Å²) in [6.45, 7) is 2.90. The molecule has 0 spiro atoms. The van der Waals surface area contributed by atoms with Crippen molar-refractivity contribution >= 4 is 17.3 Å². The van der Waals surface area contributed by atoms with Crippen molar-refractivity contribution < 1.29 is 27.2 Å². The molecule has 2 aromatic heterocycles. The Kier molecular flexibility index (Phi) is 9.01. The molecule has 0 saturated carbocycles. The van der Waals surface area contributed by atoms with Crippen molar-refractivity contribution in [3.05, 3.63) is 89.0 Å². The number of likely N-dealkylation sites (tertiary alicyclic amines) is 1. The van der Waals surface area contributed by atoms with Crippen LogP contribution in [0, 0.1) is 11.6 Å². The van der Waals surface area contributed by atoms with E-state index in [1.807, 2.05) is 18.3 Å². The molecule has 1 aliphatic heterocycles. The van der Waals surface area contributed by atoms with Crippen LogP contribution in [0.2, 0.25) is 0 Å². The third-order valence-corrected chi connectivity index (χ3v) is 6.16. The zero-order valence-electron chi connectivity index (χ0n) is 20.7. The molecule has 1 saturated heterocycles. The number of nitrogens with one attached hydrogen (secondary N) is 1. The van der Waals surface area contributed by atoms with Gasteiger partial charge < -0.3 is 10.2 Å². The standard InChI is InChI=1S/C27H27F4N5O2/c1-17(37)34-22-10-21(13-32-14-22)19-6-8-36(9-7-19)15-18-2-5-25(33-12-18)27(35-38-16-26(30)31)20-3-4-23(28)24(29)11-20/h2-5,10-14,19,26H,6-9,15-16H2,1H3,(H,34,37)/b35-27-. The summed E-state index contributed by atoms with van der Waals surface area (Å²) in [7, 11) is 0. The van der Waals surface area contributed by atoms with Gasteiger partial charge in [0.2, 0.25) is 5.91 Å². The molecular formula is C27H27F4N5O2. The molecule has 1 fully saturated rings. The summed E-state index contributed by atoms with van der Waals surface area (Å²) in [5.74, 6) is -1.93. The second kappa shape index (κ2) is 12.6. The third kappa shape index (κ3) is 7.34. The van der Waals surface area contributed by atoms with Crippen molar-refractivity contribution in [2.24, 2.45) is 5.16 Å². The Balaban J connectivity index is 1.40. The summed E-state index contributed by atoms with van der Waals surface area (Å²) in [5, 5.41) is 6.49. The molecule has 200 valence electrons. The van der Waals surface area contributed by atoms with E-state index in [4.69, 9.17) is 4.84 Å². The number of halogens is 4. The maximum absolute atomic E-state index is 13.8. The molecule has 0 unspecified atom stereocenters. The van der Waals surface area contributed by atoms with Crippen LogP contribution in [0.1, 0.15) is 48.1 Å². The van der Waals surface area contributed by atoms with Crippen molar-refractivity contribution in [2.45, 2.75) is 38.7 Å². The summed E-state index contributed by atoms with van der Waals surface area (Å²) < 4.78 is 52.2. The monoisotopic (exact) mass is 529 g/mol. The first-order valence-corrected chi connectivity index (χ1v) is 12.1. The van der Waals surface area contributed by atoms with Crippen molar-refractivity contribution in [1.82, 2.24) is 14.9 Å². The van der Waals surface area contributed by atoms with Gasteiger partial charge in [-0.25, -0.2) is 17.6 Å². The number of carbonyl (C=O) groups excluding carboxylic acids is 1. The van der Waals surface area contributed by atoms with Crippen LogP contribution < -0.4 is 5.32 Å². The summed E-state index contributed by atoms with van der Waals surface area (Å²) in [6, 6.07) is 8.57. The minimum atomic E-state index is -2.73. The molecule has 0 bridgehead atoms. The topological polar surface area (TPSA) is 79.7 Å². The van der Waals surface area contributed by atoms with Crippen LogP contribution in [0.15, 0.2) is 60.1 Å². The SMILES string of the molecule is CC(=O)Nc1cncc(C2CCN(Cc3ccc(/C(=N\OCC(F)F)c4ccc(F)c(F)c4)nc3)CC2)c1. The fourth-order valence-corrected chi connectivity index (χ4v) is 4.34. The Morgan fingerprint density at radius 2 is 1.89 bits per heavy atom. The summed E-state index contributed by atoms with van der Waals surface area (Å²) >= 11 is 0. The van der Waals surface area contributed by atoms with Crippen LogP contribution in [-0.4, -0.2) is 52.6 Å². The highest BCUT2D eigenvalue weighted by atomic mass is 19.3. The van der Waals surface area contributed by atoms with Gasteiger partial charge in [-0.1, -0.05) is 11.2 Å². The number of rotatable bonds is 9. The normalized spacial score (nSPS) is 15.1. The number of amides is 1. The molecule has 1 N–H and O–H groups in total. The number of aromatic nitrogens is 2. The molecule has 3 aromatic rings. The van der Waals surface area contributed by atoms with Gasteiger partial charge in [-0.3, -0.25) is 19.7 Å². The number of carbonyl (C=O) groups is 1. The van der Waals surface area contributed by atoms with Gasteiger partial charge in [0, 0.05) is 31.4 Å². The van der Waals surface area contributed by atoms with Gasteiger partial charge in [0.25, 0.3) is 6.43 Å². The van der Waals surface area contributed by atoms with E-state index < -0.39 is 24.7 Å². The minimum absolute atomic E-state index is 0.0204. The van der Waals surface area contributed by atoms with Crippen LogP contribution in [0.3, 0.4) is 0 Å². The number of nitrogens with zero attached hydrogens (tertiary/aromatic N) is 4. The van der Waals surface area contributed by atoms with Crippen LogP contribution in [0.4, 0.5) is 23.2 Å². The van der Waals surface area contributed by atoms with Crippen LogP contribution in [-0.2, 0) is 16.2 Å². The highest BCUT2D eigenvalue weighted by Crippen LogP contribution is 2.29. The van der Waals surface area contributed by atoms with Crippen molar-refractivity contribution in [1.29, 1.82) is 0 Å². The number of benzene rings is 1. The van der Waals surface area contributed by atoms with E-state index >= 15 is 0 Å². The molecule has 11 heteroatoms. The summed E-state index contributed by atoms with van der Waals surface area (Å²) in [6.07, 6.45) is 4.25. The Labute approximate surface area is 217 Å². The van der Waals surface area contributed by atoms with E-state index in [9.17, 15) is 22.4 Å². The maximum Gasteiger partial charge on any atom is 0.274 e. The van der Waals surface area contributed by atoms with Crippen LogP contribution in [0.25, 0.3) is 0 Å². The van der Waals surface area contributed by atoms with E-state index in [2.05, 4.69) is 25.3 Å². The lowest BCUT2D eigenvalue weighted by atomic mass is 9.90. The lowest BCUT2D eigenvalue weighted by Crippen LogP contribution is -2.32. The Hall–Kier alpha value is -3.86. The zero-order valence-corrected chi connectivity index (χ0v) is 20.7. The molecule has 3 heterocycles. The molecule has 7 nitrogen and oxygen atoms in total. The molecule has 38 heavy (non-hydrogen) atoms. The largest absolute Gasteiger partial charge is 0.389 e. The van der Waals surface area contributed by atoms with Gasteiger partial charge in [-0.2, -0.15) is 0 Å². The molecule has 0 radical (unpaired) electrons. The molecule has 0 aliphatic carbocycles. The molecule has 1 amide bonds. The number of oxime groups is 1. The van der Waals surface area contributed by atoms with E-state index in [0.717, 1.165) is 49.2 Å². The molecule has 0 atom stereocenters.